The number of thioether (sulfide) groups is 1. The molecule has 4 nitrogen and oxygen atoms in total. The van der Waals surface area contributed by atoms with Crippen molar-refractivity contribution >= 4 is 28.4 Å². The number of H-pyrrole nitrogens is 1. The lowest BCUT2D eigenvalue weighted by Gasteiger charge is -2.04. The number of nitriles is 1. The summed E-state index contributed by atoms with van der Waals surface area (Å²) in [5.41, 5.74) is 1.37. The largest absolute Gasteiger partial charge is 0.510 e. The minimum atomic E-state index is -0.587. The number of rotatable bonds is 4. The van der Waals surface area contributed by atoms with E-state index in [1.54, 1.807) is 12.1 Å². The number of hydrogen-bond donors (Lipinski definition) is 2. The molecule has 7 heteroatoms. The summed E-state index contributed by atoms with van der Waals surface area (Å²) in [5, 5.41) is 19.5. The average molecular weight is 343 g/mol. The number of para-hydroxylation sites is 2. The van der Waals surface area contributed by atoms with E-state index < -0.39 is 11.6 Å². The molecule has 3 aromatic rings. The molecule has 0 aliphatic heterocycles. The fourth-order valence-corrected chi connectivity index (χ4v) is 2.97. The van der Waals surface area contributed by atoms with Gasteiger partial charge in [0.15, 0.2) is 5.82 Å². The van der Waals surface area contributed by atoms with Crippen LogP contribution in [0.4, 0.5) is 8.78 Å². The average Bonchev–Trinajstić information content (AvgIpc) is 3.00. The van der Waals surface area contributed by atoms with Crippen LogP contribution in [-0.4, -0.2) is 20.8 Å². The Morgan fingerprint density at radius 3 is 2.79 bits per heavy atom. The van der Waals surface area contributed by atoms with Crippen molar-refractivity contribution in [3.05, 3.63) is 65.7 Å². The monoisotopic (exact) mass is 343 g/mol. The summed E-state index contributed by atoms with van der Waals surface area (Å²) in [6.07, 6.45) is 0. The van der Waals surface area contributed by atoms with E-state index in [2.05, 4.69) is 9.97 Å². The number of aliphatic hydroxyl groups excluding tert-OH is 1. The predicted octanol–water partition coefficient (Wildman–Crippen LogP) is 4.43. The van der Waals surface area contributed by atoms with Crippen molar-refractivity contribution in [2.75, 3.05) is 5.75 Å². The lowest BCUT2D eigenvalue weighted by molar-refractivity contribution is 0.420. The maximum Gasteiger partial charge on any atom is 0.152 e. The third-order valence-corrected chi connectivity index (χ3v) is 4.33. The van der Waals surface area contributed by atoms with Gasteiger partial charge in [0.25, 0.3) is 0 Å². The van der Waals surface area contributed by atoms with Crippen molar-refractivity contribution in [1.29, 1.82) is 5.26 Å². The SMILES string of the molecule is N#C/C(=C(/O)CSc1cc(F)ccc1F)c1nc2ccccc2[nH]1. The van der Waals surface area contributed by atoms with Crippen LogP contribution < -0.4 is 0 Å². The van der Waals surface area contributed by atoms with Crippen LogP contribution in [0.2, 0.25) is 0 Å². The van der Waals surface area contributed by atoms with Crippen molar-refractivity contribution in [3.8, 4) is 6.07 Å². The normalized spacial score (nSPS) is 12.0. The quantitative estimate of drug-likeness (QED) is 0.418. The first kappa shape index (κ1) is 16.0. The molecule has 0 bridgehead atoms. The number of aliphatic hydroxyl groups is 1. The summed E-state index contributed by atoms with van der Waals surface area (Å²) < 4.78 is 26.8. The van der Waals surface area contributed by atoms with Crippen LogP contribution in [0.5, 0.6) is 0 Å². The smallest absolute Gasteiger partial charge is 0.152 e. The molecule has 0 atom stereocenters. The Balaban J connectivity index is 1.87. The summed E-state index contributed by atoms with van der Waals surface area (Å²) in [6, 6.07) is 12.2. The summed E-state index contributed by atoms with van der Waals surface area (Å²) in [4.78, 5) is 7.26. The lowest BCUT2D eigenvalue weighted by Crippen LogP contribution is -1.96. The van der Waals surface area contributed by atoms with Crippen LogP contribution >= 0.6 is 11.8 Å². The van der Waals surface area contributed by atoms with Crippen LogP contribution in [-0.2, 0) is 0 Å². The zero-order valence-electron chi connectivity index (χ0n) is 12.3. The molecule has 0 unspecified atom stereocenters. The number of nitrogens with one attached hydrogen (secondary N) is 1. The predicted molar refractivity (Wildman–Crippen MR) is 88.3 cm³/mol. The number of nitrogens with zero attached hydrogens (tertiary/aromatic N) is 2. The minimum absolute atomic E-state index is 0.0319. The van der Waals surface area contributed by atoms with Crippen LogP contribution in [0, 0.1) is 23.0 Å². The van der Waals surface area contributed by atoms with Gasteiger partial charge in [0.05, 0.1) is 16.8 Å². The van der Waals surface area contributed by atoms with E-state index in [1.807, 2.05) is 18.2 Å². The van der Waals surface area contributed by atoms with Gasteiger partial charge < -0.3 is 10.1 Å². The first-order chi connectivity index (χ1) is 11.6. The maximum absolute atomic E-state index is 13.6. The first-order valence-corrected chi connectivity index (χ1v) is 7.92. The van der Waals surface area contributed by atoms with Crippen LogP contribution in [0.3, 0.4) is 0 Å². The molecule has 2 aromatic carbocycles. The van der Waals surface area contributed by atoms with Crippen molar-refractivity contribution in [3.63, 3.8) is 0 Å². The highest BCUT2D eigenvalue weighted by Gasteiger charge is 2.14. The van der Waals surface area contributed by atoms with Gasteiger partial charge in [0.1, 0.15) is 29.0 Å². The van der Waals surface area contributed by atoms with Gasteiger partial charge in [-0.2, -0.15) is 5.26 Å². The molecule has 3 rings (SSSR count). The summed E-state index contributed by atoms with van der Waals surface area (Å²) >= 11 is 0.899. The van der Waals surface area contributed by atoms with Gasteiger partial charge in [-0.3, -0.25) is 0 Å². The standard InChI is InChI=1S/C17H11F2N3OS/c18-10-5-6-12(19)16(7-10)24-9-15(23)11(8-20)17-21-13-3-1-2-4-14(13)22-17/h1-7,23H,9H2,(H,21,22)/b15-11-. The summed E-state index contributed by atoms with van der Waals surface area (Å²) in [6.45, 7) is 0. The minimum Gasteiger partial charge on any atom is -0.510 e. The number of aromatic nitrogens is 2. The molecule has 0 fully saturated rings. The third-order valence-electron chi connectivity index (χ3n) is 3.28. The number of halogens is 2. The Kier molecular flexibility index (Phi) is 4.49. The second-order valence-corrected chi connectivity index (χ2v) is 5.92. The van der Waals surface area contributed by atoms with E-state index in [0.29, 0.717) is 5.52 Å². The van der Waals surface area contributed by atoms with Gasteiger partial charge in [0, 0.05) is 4.90 Å². The van der Waals surface area contributed by atoms with E-state index in [4.69, 9.17) is 0 Å². The first-order valence-electron chi connectivity index (χ1n) is 6.93. The third kappa shape index (κ3) is 3.24. The topological polar surface area (TPSA) is 72.7 Å². The Bertz CT molecular complexity index is 942. The second kappa shape index (κ2) is 6.72. The Labute approximate surface area is 140 Å². The number of aromatic amines is 1. The van der Waals surface area contributed by atoms with E-state index in [1.165, 1.54) is 0 Å². The van der Waals surface area contributed by atoms with Crippen molar-refractivity contribution in [1.82, 2.24) is 9.97 Å². The van der Waals surface area contributed by atoms with Gasteiger partial charge in [-0.25, -0.2) is 13.8 Å². The molecule has 1 aromatic heterocycles. The molecule has 0 saturated heterocycles. The molecule has 0 amide bonds. The van der Waals surface area contributed by atoms with Gasteiger partial charge in [0.2, 0.25) is 0 Å². The fraction of sp³-hybridized carbons (Fsp3) is 0.0588. The van der Waals surface area contributed by atoms with Gasteiger partial charge in [-0.1, -0.05) is 12.1 Å². The number of fused-ring (bicyclic) bond motifs is 1. The number of hydrogen-bond acceptors (Lipinski definition) is 4. The Morgan fingerprint density at radius 1 is 1.25 bits per heavy atom. The molecular formula is C17H11F2N3OS. The molecular weight excluding hydrogens is 332 g/mol. The maximum atomic E-state index is 13.6. The van der Waals surface area contributed by atoms with Crippen molar-refractivity contribution in [2.24, 2.45) is 0 Å². The van der Waals surface area contributed by atoms with Crippen molar-refractivity contribution in [2.45, 2.75) is 4.90 Å². The molecule has 0 saturated carbocycles. The van der Waals surface area contributed by atoms with E-state index in [0.717, 1.165) is 35.5 Å². The van der Waals surface area contributed by atoms with Crippen LogP contribution in [0.15, 0.2) is 53.1 Å². The summed E-state index contributed by atoms with van der Waals surface area (Å²) in [5.74, 6) is -1.27. The molecule has 2 N–H and O–H groups in total. The van der Waals surface area contributed by atoms with Crippen LogP contribution in [0.25, 0.3) is 16.6 Å². The summed E-state index contributed by atoms with van der Waals surface area (Å²) in [7, 11) is 0. The lowest BCUT2D eigenvalue weighted by atomic mass is 10.2. The van der Waals surface area contributed by atoms with Crippen molar-refractivity contribution < 1.29 is 13.9 Å². The fourth-order valence-electron chi connectivity index (χ4n) is 2.13. The van der Waals surface area contributed by atoms with Gasteiger partial charge in [-0.15, -0.1) is 11.8 Å². The highest BCUT2D eigenvalue weighted by Crippen LogP contribution is 2.27. The van der Waals surface area contributed by atoms with Crippen LogP contribution in [0.1, 0.15) is 5.82 Å². The van der Waals surface area contributed by atoms with E-state index >= 15 is 0 Å². The number of imidazole rings is 1. The second-order valence-electron chi connectivity index (χ2n) is 4.90. The molecule has 0 radical (unpaired) electrons. The number of benzene rings is 2. The zero-order chi connectivity index (χ0) is 17.1. The Morgan fingerprint density at radius 2 is 2.04 bits per heavy atom. The molecule has 120 valence electrons. The molecule has 24 heavy (non-hydrogen) atoms. The molecule has 1 heterocycles. The Hall–Kier alpha value is -2.85. The van der Waals surface area contributed by atoms with E-state index in [9.17, 15) is 19.1 Å². The molecule has 0 aliphatic rings. The van der Waals surface area contributed by atoms with E-state index in [-0.39, 0.29) is 27.8 Å². The molecule has 0 aliphatic carbocycles. The highest BCUT2D eigenvalue weighted by atomic mass is 32.2. The molecule has 0 spiro atoms. The number of allylic oxidation sites excluding steroid dienone is 1. The van der Waals surface area contributed by atoms with Gasteiger partial charge >= 0.3 is 0 Å². The highest BCUT2D eigenvalue weighted by molar-refractivity contribution is 7.99. The zero-order valence-corrected chi connectivity index (χ0v) is 13.1. The van der Waals surface area contributed by atoms with Gasteiger partial charge in [-0.05, 0) is 30.3 Å².